The third kappa shape index (κ3) is 5.68. The van der Waals surface area contributed by atoms with Crippen molar-refractivity contribution in [2.24, 2.45) is 0 Å². The van der Waals surface area contributed by atoms with Crippen molar-refractivity contribution in [2.45, 2.75) is 12.8 Å². The number of anilines is 1. The number of methoxy groups -OCH3 is 1. The Hall–Kier alpha value is -2.78. The van der Waals surface area contributed by atoms with Crippen LogP contribution in [0, 0.1) is 0 Å². The molecule has 2 saturated heterocycles. The zero-order chi connectivity index (χ0) is 21.5. The normalized spacial score (nSPS) is 17.6. The van der Waals surface area contributed by atoms with Crippen LogP contribution in [0.4, 0.5) is 5.95 Å². The molecule has 4 rings (SSSR count). The highest BCUT2D eigenvalue weighted by molar-refractivity contribution is 5.94. The van der Waals surface area contributed by atoms with Gasteiger partial charge in [-0.1, -0.05) is 0 Å². The summed E-state index contributed by atoms with van der Waals surface area (Å²) in [4.78, 5) is 32.3. The molecule has 9 nitrogen and oxygen atoms in total. The van der Waals surface area contributed by atoms with Gasteiger partial charge >= 0.3 is 0 Å². The van der Waals surface area contributed by atoms with Crippen LogP contribution in [0.1, 0.15) is 22.3 Å². The van der Waals surface area contributed by atoms with Crippen molar-refractivity contribution in [3.8, 4) is 5.88 Å². The Kier molecular flexibility index (Phi) is 7.26. The number of piperazine rings is 1. The molecule has 0 aromatic carbocycles. The number of pyridine rings is 1. The summed E-state index contributed by atoms with van der Waals surface area (Å²) in [7, 11) is 1.62. The minimum Gasteiger partial charge on any atom is -0.481 e. The van der Waals surface area contributed by atoms with E-state index in [0.717, 1.165) is 57.1 Å². The molecule has 2 fully saturated rings. The predicted octanol–water partition coefficient (Wildman–Crippen LogP) is 1.11. The van der Waals surface area contributed by atoms with Gasteiger partial charge in [-0.05, 0) is 31.0 Å². The Labute approximate surface area is 183 Å². The van der Waals surface area contributed by atoms with E-state index in [9.17, 15) is 4.79 Å². The van der Waals surface area contributed by atoms with Gasteiger partial charge in [0.05, 0.1) is 25.9 Å². The van der Waals surface area contributed by atoms with Crippen molar-refractivity contribution in [1.29, 1.82) is 0 Å². The Morgan fingerprint density at radius 2 is 1.94 bits per heavy atom. The molecule has 0 aliphatic carbocycles. The number of ether oxygens (including phenoxy) is 2. The van der Waals surface area contributed by atoms with E-state index in [2.05, 4.69) is 24.8 Å². The number of morpholine rings is 1. The molecule has 1 amide bonds. The molecule has 2 aromatic rings. The van der Waals surface area contributed by atoms with Gasteiger partial charge in [-0.3, -0.25) is 14.7 Å². The molecule has 9 heteroatoms. The minimum atomic E-state index is 0.0496. The third-order valence-electron chi connectivity index (χ3n) is 5.76. The van der Waals surface area contributed by atoms with Crippen molar-refractivity contribution >= 4 is 11.9 Å². The summed E-state index contributed by atoms with van der Waals surface area (Å²) in [5, 5.41) is 0. The number of aryl methyl sites for hydroxylation is 1. The van der Waals surface area contributed by atoms with Gasteiger partial charge in [0, 0.05) is 63.9 Å². The van der Waals surface area contributed by atoms with Gasteiger partial charge in [0.15, 0.2) is 0 Å². The van der Waals surface area contributed by atoms with E-state index in [-0.39, 0.29) is 5.91 Å². The first-order valence-corrected chi connectivity index (χ1v) is 10.9. The first kappa shape index (κ1) is 21.5. The Morgan fingerprint density at radius 1 is 1.13 bits per heavy atom. The fraction of sp³-hybridized carbons (Fsp3) is 0.545. The lowest BCUT2D eigenvalue weighted by molar-refractivity contribution is 0.0302. The van der Waals surface area contributed by atoms with Crippen LogP contribution in [0.3, 0.4) is 0 Å². The highest BCUT2D eigenvalue weighted by atomic mass is 16.5. The molecule has 0 unspecified atom stereocenters. The molecule has 166 valence electrons. The average molecular weight is 427 g/mol. The van der Waals surface area contributed by atoms with Crippen LogP contribution in [0.25, 0.3) is 0 Å². The number of aromatic nitrogens is 3. The van der Waals surface area contributed by atoms with Crippen molar-refractivity contribution in [3.05, 3.63) is 41.9 Å². The van der Waals surface area contributed by atoms with Crippen molar-refractivity contribution in [2.75, 3.05) is 71.0 Å². The van der Waals surface area contributed by atoms with E-state index in [1.807, 2.05) is 17.2 Å². The van der Waals surface area contributed by atoms with Gasteiger partial charge in [-0.15, -0.1) is 0 Å². The second-order valence-electron chi connectivity index (χ2n) is 7.82. The molecule has 0 spiro atoms. The van der Waals surface area contributed by atoms with Crippen LogP contribution < -0.4 is 9.64 Å². The molecule has 0 saturated carbocycles. The first-order valence-electron chi connectivity index (χ1n) is 10.9. The monoisotopic (exact) mass is 426 g/mol. The summed E-state index contributed by atoms with van der Waals surface area (Å²) in [6, 6.07) is 3.75. The number of rotatable bonds is 7. The Morgan fingerprint density at radius 3 is 2.71 bits per heavy atom. The summed E-state index contributed by atoms with van der Waals surface area (Å²) in [5.74, 6) is 1.37. The molecular weight excluding hydrogens is 396 g/mol. The number of hydrogen-bond donors (Lipinski definition) is 0. The van der Waals surface area contributed by atoms with Crippen LogP contribution in [0.2, 0.25) is 0 Å². The largest absolute Gasteiger partial charge is 0.481 e. The van der Waals surface area contributed by atoms with Gasteiger partial charge in [0.2, 0.25) is 11.8 Å². The van der Waals surface area contributed by atoms with Crippen molar-refractivity contribution < 1.29 is 14.3 Å². The van der Waals surface area contributed by atoms with Gasteiger partial charge in [-0.2, -0.15) is 4.98 Å². The summed E-state index contributed by atoms with van der Waals surface area (Å²) < 4.78 is 10.5. The molecule has 0 bridgehead atoms. The molecule has 0 radical (unpaired) electrons. The summed E-state index contributed by atoms with van der Waals surface area (Å²) in [6.07, 6.45) is 7.22. The number of carbonyl (C=O) groups excluding carboxylic acids is 1. The van der Waals surface area contributed by atoms with Crippen LogP contribution >= 0.6 is 0 Å². The van der Waals surface area contributed by atoms with Gasteiger partial charge < -0.3 is 19.3 Å². The van der Waals surface area contributed by atoms with Gasteiger partial charge in [-0.25, -0.2) is 4.98 Å². The fourth-order valence-electron chi connectivity index (χ4n) is 3.97. The molecule has 2 aromatic heterocycles. The molecule has 2 aliphatic rings. The molecule has 31 heavy (non-hydrogen) atoms. The summed E-state index contributed by atoms with van der Waals surface area (Å²) >= 11 is 0. The number of hydrogen-bond acceptors (Lipinski definition) is 8. The molecular formula is C22H30N6O3. The second kappa shape index (κ2) is 10.5. The predicted molar refractivity (Wildman–Crippen MR) is 117 cm³/mol. The van der Waals surface area contributed by atoms with Gasteiger partial charge in [0.25, 0.3) is 5.91 Å². The Bertz CT molecular complexity index is 866. The van der Waals surface area contributed by atoms with Gasteiger partial charge in [0.1, 0.15) is 0 Å². The zero-order valence-corrected chi connectivity index (χ0v) is 18.1. The maximum absolute atomic E-state index is 12.7. The van der Waals surface area contributed by atoms with Crippen molar-refractivity contribution in [1.82, 2.24) is 24.8 Å². The SMILES string of the molecule is COc1ccnc(N2CCN(CCCc3cncc(C(=O)N4CCOCC4)c3)CC2)n1. The number of nitrogens with zero attached hydrogens (tertiary/aromatic N) is 6. The van der Waals surface area contributed by atoms with E-state index in [0.29, 0.717) is 37.7 Å². The van der Waals surface area contributed by atoms with Crippen LogP contribution in [-0.2, 0) is 11.2 Å². The number of carbonyl (C=O) groups is 1. The first-order chi connectivity index (χ1) is 15.2. The molecule has 2 aliphatic heterocycles. The number of amides is 1. The van der Waals surface area contributed by atoms with Crippen molar-refractivity contribution in [3.63, 3.8) is 0 Å². The van der Waals surface area contributed by atoms with E-state index < -0.39 is 0 Å². The zero-order valence-electron chi connectivity index (χ0n) is 18.1. The third-order valence-corrected chi connectivity index (χ3v) is 5.76. The lowest BCUT2D eigenvalue weighted by atomic mass is 10.1. The quantitative estimate of drug-likeness (QED) is 0.651. The van der Waals surface area contributed by atoms with Crippen LogP contribution in [-0.4, -0.2) is 96.8 Å². The highest BCUT2D eigenvalue weighted by Crippen LogP contribution is 2.15. The van der Waals surface area contributed by atoms with Crippen LogP contribution in [0.5, 0.6) is 5.88 Å². The summed E-state index contributed by atoms with van der Waals surface area (Å²) in [5.41, 5.74) is 1.79. The van der Waals surface area contributed by atoms with Crippen LogP contribution in [0.15, 0.2) is 30.7 Å². The lowest BCUT2D eigenvalue weighted by Crippen LogP contribution is -2.47. The van der Waals surface area contributed by atoms with E-state index in [4.69, 9.17) is 9.47 Å². The average Bonchev–Trinajstić information content (AvgIpc) is 2.85. The fourth-order valence-corrected chi connectivity index (χ4v) is 3.97. The second-order valence-corrected chi connectivity index (χ2v) is 7.82. The highest BCUT2D eigenvalue weighted by Gasteiger charge is 2.20. The Balaban J connectivity index is 1.22. The maximum atomic E-state index is 12.7. The molecule has 0 N–H and O–H groups in total. The van der Waals surface area contributed by atoms with E-state index >= 15 is 0 Å². The van der Waals surface area contributed by atoms with E-state index in [1.165, 1.54) is 0 Å². The standard InChI is InChI=1S/C22H30N6O3/c1-30-20-4-5-24-22(25-20)28-9-7-26(8-10-28)6-2-3-18-15-19(17-23-16-18)21(29)27-11-13-31-14-12-27/h4-5,15-17H,2-3,6-14H2,1H3. The van der Waals surface area contributed by atoms with E-state index in [1.54, 1.807) is 25.6 Å². The molecule has 4 heterocycles. The molecule has 0 atom stereocenters. The topological polar surface area (TPSA) is 83.9 Å². The lowest BCUT2D eigenvalue weighted by Gasteiger charge is -2.34. The summed E-state index contributed by atoms with van der Waals surface area (Å²) in [6.45, 7) is 7.30. The maximum Gasteiger partial charge on any atom is 0.255 e. The smallest absolute Gasteiger partial charge is 0.255 e. The minimum absolute atomic E-state index is 0.0496.